The Morgan fingerprint density at radius 3 is 2.60 bits per heavy atom. The van der Waals surface area contributed by atoms with Gasteiger partial charge in [0, 0.05) is 10.6 Å². The molecular weight excluding hydrogens is 279 g/mol. The van der Waals surface area contributed by atoms with E-state index in [0.29, 0.717) is 16.3 Å². The summed E-state index contributed by atoms with van der Waals surface area (Å²) >= 11 is 9.26. The van der Waals surface area contributed by atoms with E-state index in [0.717, 1.165) is 4.47 Å². The summed E-state index contributed by atoms with van der Waals surface area (Å²) in [6.07, 6.45) is 0.669. The number of aliphatic hydroxyl groups is 1. The van der Waals surface area contributed by atoms with Crippen molar-refractivity contribution in [1.29, 1.82) is 0 Å². The van der Waals surface area contributed by atoms with Gasteiger partial charge in [0.05, 0.1) is 10.7 Å². The maximum atomic E-state index is 10.0. The normalized spacial score (nSPS) is 12.7. The van der Waals surface area contributed by atoms with Gasteiger partial charge in [-0.05, 0) is 28.1 Å². The molecule has 0 amide bonds. The number of rotatable bonds is 2. The molecule has 1 aromatic heterocycles. The lowest BCUT2D eigenvalue weighted by atomic mass is 10.1. The summed E-state index contributed by atoms with van der Waals surface area (Å²) in [4.78, 5) is 0. The highest BCUT2D eigenvalue weighted by molar-refractivity contribution is 9.10. The molecule has 1 heterocycles. The zero-order valence-corrected chi connectivity index (χ0v) is 9.99. The Morgan fingerprint density at radius 2 is 2.00 bits per heavy atom. The molecule has 2 rings (SSSR count). The molecule has 1 atom stereocenters. The largest absolute Gasteiger partial charge is 0.465 e. The van der Waals surface area contributed by atoms with Gasteiger partial charge in [-0.25, -0.2) is 0 Å². The first-order valence-corrected chi connectivity index (χ1v) is 5.52. The minimum atomic E-state index is -0.844. The van der Waals surface area contributed by atoms with Gasteiger partial charge in [0.2, 0.25) is 0 Å². The van der Waals surface area contributed by atoms with Gasteiger partial charge < -0.3 is 9.52 Å². The highest BCUT2D eigenvalue weighted by Crippen LogP contribution is 2.32. The van der Waals surface area contributed by atoms with Crippen LogP contribution in [0.2, 0.25) is 5.02 Å². The van der Waals surface area contributed by atoms with Crippen molar-refractivity contribution in [3.63, 3.8) is 0 Å². The molecule has 2 nitrogen and oxygen atoms in total. The summed E-state index contributed by atoms with van der Waals surface area (Å²) in [6.45, 7) is 0. The molecule has 1 aromatic carbocycles. The van der Waals surface area contributed by atoms with Crippen molar-refractivity contribution in [2.45, 2.75) is 6.10 Å². The Labute approximate surface area is 101 Å². The molecule has 2 aromatic rings. The predicted octanol–water partition coefficient (Wildman–Crippen LogP) is 3.78. The molecule has 0 saturated carbocycles. The van der Waals surface area contributed by atoms with Crippen LogP contribution in [0.1, 0.15) is 17.4 Å². The van der Waals surface area contributed by atoms with E-state index in [1.54, 1.807) is 18.2 Å². The Morgan fingerprint density at radius 1 is 1.27 bits per heavy atom. The molecule has 1 N–H and O–H groups in total. The quantitative estimate of drug-likeness (QED) is 0.912. The standard InChI is InChI=1S/C11H8BrClO2/c12-8-5-6-15-11(8)10(14)7-3-1-2-4-9(7)13/h1-6,10,14H. The van der Waals surface area contributed by atoms with Crippen LogP contribution in [0, 0.1) is 0 Å². The van der Waals surface area contributed by atoms with E-state index in [9.17, 15) is 5.11 Å². The van der Waals surface area contributed by atoms with E-state index in [-0.39, 0.29) is 0 Å². The highest BCUT2D eigenvalue weighted by atomic mass is 79.9. The molecule has 15 heavy (non-hydrogen) atoms. The predicted molar refractivity (Wildman–Crippen MR) is 61.9 cm³/mol. The third-order valence-electron chi connectivity index (χ3n) is 2.09. The van der Waals surface area contributed by atoms with E-state index in [1.165, 1.54) is 6.26 Å². The van der Waals surface area contributed by atoms with E-state index < -0.39 is 6.10 Å². The molecule has 1 unspecified atom stereocenters. The zero-order chi connectivity index (χ0) is 10.8. The maximum absolute atomic E-state index is 10.0. The maximum Gasteiger partial charge on any atom is 0.151 e. The lowest BCUT2D eigenvalue weighted by Gasteiger charge is -2.10. The van der Waals surface area contributed by atoms with Gasteiger partial charge in [0.25, 0.3) is 0 Å². The van der Waals surface area contributed by atoms with Crippen LogP contribution in [0.3, 0.4) is 0 Å². The molecule has 0 bridgehead atoms. The Bertz CT molecular complexity index is 467. The van der Waals surface area contributed by atoms with Gasteiger partial charge in [0.1, 0.15) is 6.10 Å². The third-order valence-corrected chi connectivity index (χ3v) is 3.09. The molecule has 0 radical (unpaired) electrons. The summed E-state index contributed by atoms with van der Waals surface area (Å²) < 4.78 is 5.91. The zero-order valence-electron chi connectivity index (χ0n) is 7.65. The fourth-order valence-corrected chi connectivity index (χ4v) is 2.00. The first-order valence-electron chi connectivity index (χ1n) is 4.35. The number of hydrogen-bond donors (Lipinski definition) is 1. The smallest absolute Gasteiger partial charge is 0.151 e. The lowest BCUT2D eigenvalue weighted by Crippen LogP contribution is -1.99. The van der Waals surface area contributed by atoms with E-state index in [1.807, 2.05) is 12.1 Å². The van der Waals surface area contributed by atoms with Crippen molar-refractivity contribution in [2.75, 3.05) is 0 Å². The number of benzene rings is 1. The van der Waals surface area contributed by atoms with Gasteiger partial charge in [-0.3, -0.25) is 0 Å². The van der Waals surface area contributed by atoms with Crippen LogP contribution in [0.5, 0.6) is 0 Å². The second-order valence-electron chi connectivity index (χ2n) is 3.06. The van der Waals surface area contributed by atoms with Gasteiger partial charge in [-0.1, -0.05) is 29.8 Å². The third kappa shape index (κ3) is 2.09. The van der Waals surface area contributed by atoms with Gasteiger partial charge in [0.15, 0.2) is 5.76 Å². The van der Waals surface area contributed by atoms with E-state index in [4.69, 9.17) is 16.0 Å². The average Bonchev–Trinajstić information content (AvgIpc) is 2.64. The van der Waals surface area contributed by atoms with Crippen LogP contribution >= 0.6 is 27.5 Å². The molecule has 78 valence electrons. The fraction of sp³-hybridized carbons (Fsp3) is 0.0909. The van der Waals surface area contributed by atoms with Crippen molar-refractivity contribution in [1.82, 2.24) is 0 Å². The molecule has 0 fully saturated rings. The Balaban J connectivity index is 2.41. The SMILES string of the molecule is OC(c1ccccc1Cl)c1occc1Br. The Kier molecular flexibility index (Phi) is 3.14. The van der Waals surface area contributed by atoms with Crippen LogP contribution in [0.15, 0.2) is 45.5 Å². The second kappa shape index (κ2) is 4.39. The van der Waals surface area contributed by atoms with Crippen LogP contribution in [-0.4, -0.2) is 5.11 Å². The first kappa shape index (κ1) is 10.7. The average molecular weight is 288 g/mol. The summed E-state index contributed by atoms with van der Waals surface area (Å²) in [5.41, 5.74) is 0.634. The van der Waals surface area contributed by atoms with Gasteiger partial charge >= 0.3 is 0 Å². The van der Waals surface area contributed by atoms with Crippen LogP contribution in [0.25, 0.3) is 0 Å². The highest BCUT2D eigenvalue weighted by Gasteiger charge is 2.18. The van der Waals surface area contributed by atoms with Crippen molar-refractivity contribution in [3.05, 3.63) is 57.4 Å². The van der Waals surface area contributed by atoms with E-state index >= 15 is 0 Å². The summed E-state index contributed by atoms with van der Waals surface area (Å²) in [6, 6.07) is 8.87. The second-order valence-corrected chi connectivity index (χ2v) is 4.32. The molecule has 0 aliphatic carbocycles. The van der Waals surface area contributed by atoms with E-state index in [2.05, 4.69) is 15.9 Å². The minimum Gasteiger partial charge on any atom is -0.465 e. The van der Waals surface area contributed by atoms with Crippen molar-refractivity contribution in [2.24, 2.45) is 0 Å². The topological polar surface area (TPSA) is 33.4 Å². The minimum absolute atomic E-state index is 0.461. The van der Waals surface area contributed by atoms with Gasteiger partial charge in [-0.15, -0.1) is 0 Å². The van der Waals surface area contributed by atoms with Crippen LogP contribution < -0.4 is 0 Å². The Hall–Kier alpha value is -0.770. The molecule has 0 aliphatic rings. The molecule has 0 aliphatic heterocycles. The molecule has 4 heteroatoms. The summed E-state index contributed by atoms with van der Waals surface area (Å²) in [5, 5.41) is 10.6. The molecule has 0 saturated heterocycles. The lowest BCUT2D eigenvalue weighted by molar-refractivity contribution is 0.188. The molecule has 0 spiro atoms. The summed E-state index contributed by atoms with van der Waals surface area (Å²) in [7, 11) is 0. The fourth-order valence-electron chi connectivity index (χ4n) is 1.34. The number of furan rings is 1. The summed E-state index contributed by atoms with van der Waals surface area (Å²) in [5.74, 6) is 0.461. The van der Waals surface area contributed by atoms with Gasteiger partial charge in [-0.2, -0.15) is 0 Å². The monoisotopic (exact) mass is 286 g/mol. The number of aliphatic hydroxyl groups excluding tert-OH is 1. The molecular formula is C11H8BrClO2. The van der Waals surface area contributed by atoms with Crippen molar-refractivity contribution < 1.29 is 9.52 Å². The van der Waals surface area contributed by atoms with Crippen LogP contribution in [-0.2, 0) is 0 Å². The number of hydrogen-bond acceptors (Lipinski definition) is 2. The number of halogens is 2. The van der Waals surface area contributed by atoms with Crippen LogP contribution in [0.4, 0.5) is 0 Å². The van der Waals surface area contributed by atoms with Crippen molar-refractivity contribution in [3.8, 4) is 0 Å². The first-order chi connectivity index (χ1) is 7.20. The van der Waals surface area contributed by atoms with Crippen molar-refractivity contribution >= 4 is 27.5 Å².